The first-order valence-electron chi connectivity index (χ1n) is 6.14. The lowest BCUT2D eigenvalue weighted by Crippen LogP contribution is -2.27. The predicted molar refractivity (Wildman–Crippen MR) is 70.7 cm³/mol. The number of hydrogen-bond donors (Lipinski definition) is 2. The number of aryl methyl sites for hydroxylation is 1. The van der Waals surface area contributed by atoms with Crippen molar-refractivity contribution in [3.8, 4) is 0 Å². The maximum Gasteiger partial charge on any atom is 0.107 e. The van der Waals surface area contributed by atoms with E-state index >= 15 is 0 Å². The average molecular weight is 241 g/mol. The Bertz CT molecular complexity index is 286. The van der Waals surface area contributed by atoms with Gasteiger partial charge in [-0.1, -0.05) is 20.3 Å². The molecule has 4 heteroatoms. The van der Waals surface area contributed by atoms with Crippen LogP contribution in [-0.4, -0.2) is 18.1 Å². The van der Waals surface area contributed by atoms with Crippen LogP contribution in [-0.2, 0) is 13.0 Å². The van der Waals surface area contributed by atoms with Crippen molar-refractivity contribution in [2.45, 2.75) is 39.7 Å². The lowest BCUT2D eigenvalue weighted by molar-refractivity contribution is 0.449. The van der Waals surface area contributed by atoms with Gasteiger partial charge in [0.05, 0.1) is 0 Å². The summed E-state index contributed by atoms with van der Waals surface area (Å²) < 4.78 is 0. The van der Waals surface area contributed by atoms with Crippen LogP contribution in [0.5, 0.6) is 0 Å². The van der Waals surface area contributed by atoms with Gasteiger partial charge in [0.1, 0.15) is 5.01 Å². The summed E-state index contributed by atoms with van der Waals surface area (Å²) >= 11 is 1.80. The van der Waals surface area contributed by atoms with Gasteiger partial charge in [-0.05, 0) is 31.8 Å². The fraction of sp³-hybridized carbons (Fsp3) is 0.750. The average Bonchev–Trinajstić information content (AvgIpc) is 2.76. The highest BCUT2D eigenvalue weighted by molar-refractivity contribution is 7.11. The summed E-state index contributed by atoms with van der Waals surface area (Å²) in [6.07, 6.45) is 5.48. The van der Waals surface area contributed by atoms with Gasteiger partial charge >= 0.3 is 0 Å². The molecule has 1 unspecified atom stereocenters. The lowest BCUT2D eigenvalue weighted by Gasteiger charge is -2.13. The fourth-order valence-electron chi connectivity index (χ4n) is 1.69. The first kappa shape index (κ1) is 13.6. The number of hydrogen-bond acceptors (Lipinski definition) is 4. The number of rotatable bonds is 8. The Hall–Kier alpha value is -0.450. The first-order valence-corrected chi connectivity index (χ1v) is 6.96. The summed E-state index contributed by atoms with van der Waals surface area (Å²) in [6, 6.07) is 0. The van der Waals surface area contributed by atoms with Crippen LogP contribution in [0.15, 0.2) is 6.20 Å². The minimum absolute atomic E-state index is 0.607. The Kier molecular flexibility index (Phi) is 6.61. The molecule has 0 aliphatic rings. The number of nitrogens with zero attached hydrogens (tertiary/aromatic N) is 1. The largest absolute Gasteiger partial charge is 0.330 e. The number of thiazole rings is 1. The highest BCUT2D eigenvalue weighted by atomic mass is 32.1. The van der Waals surface area contributed by atoms with E-state index in [1.807, 2.05) is 6.20 Å². The zero-order chi connectivity index (χ0) is 11.8. The van der Waals surface area contributed by atoms with E-state index in [4.69, 9.17) is 5.73 Å². The third-order valence-corrected chi connectivity index (χ3v) is 3.83. The molecule has 1 aromatic heterocycles. The summed E-state index contributed by atoms with van der Waals surface area (Å²) in [4.78, 5) is 5.74. The van der Waals surface area contributed by atoms with Crippen molar-refractivity contribution >= 4 is 11.3 Å². The van der Waals surface area contributed by atoms with Crippen LogP contribution in [0.2, 0.25) is 0 Å². The Morgan fingerprint density at radius 2 is 2.31 bits per heavy atom. The van der Waals surface area contributed by atoms with Gasteiger partial charge in [0.2, 0.25) is 0 Å². The van der Waals surface area contributed by atoms with E-state index in [0.717, 1.165) is 26.1 Å². The van der Waals surface area contributed by atoms with Gasteiger partial charge in [0, 0.05) is 17.6 Å². The minimum Gasteiger partial charge on any atom is -0.330 e. The van der Waals surface area contributed by atoms with E-state index in [1.54, 1.807) is 11.3 Å². The SMILES string of the molecule is CCCC(CN)CNCc1ncc(CC)s1. The molecule has 0 aliphatic heterocycles. The standard InChI is InChI=1S/C12H23N3S/c1-3-5-10(6-13)7-14-9-12-15-8-11(4-2)16-12/h8,10,14H,3-7,9,13H2,1-2H3. The molecule has 1 aromatic rings. The van der Waals surface area contributed by atoms with E-state index < -0.39 is 0 Å². The summed E-state index contributed by atoms with van der Waals surface area (Å²) in [5, 5.41) is 4.63. The summed E-state index contributed by atoms with van der Waals surface area (Å²) in [5.74, 6) is 0.607. The van der Waals surface area contributed by atoms with Crippen molar-refractivity contribution in [3.05, 3.63) is 16.1 Å². The molecule has 0 amide bonds. The molecule has 16 heavy (non-hydrogen) atoms. The molecule has 0 spiro atoms. The molecule has 3 N–H and O–H groups in total. The van der Waals surface area contributed by atoms with Crippen molar-refractivity contribution in [2.75, 3.05) is 13.1 Å². The maximum atomic E-state index is 5.71. The van der Waals surface area contributed by atoms with Crippen LogP contribution in [0, 0.1) is 5.92 Å². The number of nitrogens with one attached hydrogen (secondary N) is 1. The molecule has 0 aliphatic carbocycles. The van der Waals surface area contributed by atoms with Gasteiger partial charge in [-0.25, -0.2) is 4.98 Å². The Morgan fingerprint density at radius 3 is 2.88 bits per heavy atom. The van der Waals surface area contributed by atoms with E-state index in [-0.39, 0.29) is 0 Å². The van der Waals surface area contributed by atoms with Crippen molar-refractivity contribution in [1.82, 2.24) is 10.3 Å². The highest BCUT2D eigenvalue weighted by Crippen LogP contribution is 2.13. The van der Waals surface area contributed by atoms with Gasteiger partial charge in [-0.3, -0.25) is 0 Å². The van der Waals surface area contributed by atoms with Gasteiger partial charge in [-0.15, -0.1) is 11.3 Å². The van der Waals surface area contributed by atoms with Crippen molar-refractivity contribution in [2.24, 2.45) is 11.7 Å². The topological polar surface area (TPSA) is 50.9 Å². The van der Waals surface area contributed by atoms with Gasteiger partial charge in [-0.2, -0.15) is 0 Å². The van der Waals surface area contributed by atoms with Crippen LogP contribution >= 0.6 is 11.3 Å². The molecule has 0 saturated heterocycles. The monoisotopic (exact) mass is 241 g/mol. The van der Waals surface area contributed by atoms with E-state index in [9.17, 15) is 0 Å². The molecule has 3 nitrogen and oxygen atoms in total. The van der Waals surface area contributed by atoms with Gasteiger partial charge in [0.15, 0.2) is 0 Å². The number of nitrogens with two attached hydrogens (primary N) is 1. The molecular weight excluding hydrogens is 218 g/mol. The summed E-state index contributed by atoms with van der Waals surface area (Å²) in [7, 11) is 0. The van der Waals surface area contributed by atoms with E-state index in [2.05, 4.69) is 24.1 Å². The summed E-state index contributed by atoms with van der Waals surface area (Å²) in [6.45, 7) is 7.03. The molecule has 0 saturated carbocycles. The normalized spacial score (nSPS) is 12.9. The third-order valence-electron chi connectivity index (χ3n) is 2.69. The quantitative estimate of drug-likeness (QED) is 0.733. The van der Waals surface area contributed by atoms with Crippen molar-refractivity contribution in [1.29, 1.82) is 0 Å². The molecule has 0 bridgehead atoms. The molecule has 0 fully saturated rings. The van der Waals surface area contributed by atoms with Crippen molar-refractivity contribution < 1.29 is 0 Å². The summed E-state index contributed by atoms with van der Waals surface area (Å²) in [5.41, 5.74) is 5.71. The zero-order valence-electron chi connectivity index (χ0n) is 10.3. The second-order valence-electron chi connectivity index (χ2n) is 4.10. The smallest absolute Gasteiger partial charge is 0.107 e. The zero-order valence-corrected chi connectivity index (χ0v) is 11.1. The molecule has 1 heterocycles. The van der Waals surface area contributed by atoms with Gasteiger partial charge < -0.3 is 11.1 Å². The van der Waals surface area contributed by atoms with E-state index in [1.165, 1.54) is 22.7 Å². The molecule has 1 atom stereocenters. The second-order valence-corrected chi connectivity index (χ2v) is 5.29. The Balaban J connectivity index is 2.23. The Morgan fingerprint density at radius 1 is 1.50 bits per heavy atom. The minimum atomic E-state index is 0.607. The van der Waals surface area contributed by atoms with Crippen LogP contribution < -0.4 is 11.1 Å². The molecular formula is C12H23N3S. The molecule has 1 rings (SSSR count). The van der Waals surface area contributed by atoms with Crippen molar-refractivity contribution in [3.63, 3.8) is 0 Å². The van der Waals surface area contributed by atoms with Crippen LogP contribution in [0.4, 0.5) is 0 Å². The molecule has 92 valence electrons. The highest BCUT2D eigenvalue weighted by Gasteiger charge is 2.05. The van der Waals surface area contributed by atoms with E-state index in [0.29, 0.717) is 5.92 Å². The van der Waals surface area contributed by atoms with Crippen LogP contribution in [0.1, 0.15) is 36.6 Å². The predicted octanol–water partition coefficient (Wildman–Crippen LogP) is 2.17. The fourth-order valence-corrected chi connectivity index (χ4v) is 2.52. The maximum absolute atomic E-state index is 5.71. The lowest BCUT2D eigenvalue weighted by atomic mass is 10.0. The van der Waals surface area contributed by atoms with Crippen LogP contribution in [0.25, 0.3) is 0 Å². The molecule has 0 aromatic carbocycles. The van der Waals surface area contributed by atoms with Crippen LogP contribution in [0.3, 0.4) is 0 Å². The molecule has 0 radical (unpaired) electrons. The first-order chi connectivity index (χ1) is 7.80. The third kappa shape index (κ3) is 4.60. The van der Waals surface area contributed by atoms with Gasteiger partial charge in [0.25, 0.3) is 0 Å². The number of aromatic nitrogens is 1. The Labute approximate surface area is 102 Å². The second kappa shape index (κ2) is 7.76.